The van der Waals surface area contributed by atoms with Crippen LogP contribution in [-0.2, 0) is 11.1 Å². The number of hydrogen-bond donors (Lipinski definition) is 1. The minimum Gasteiger partial charge on any atom is -0.345 e. The Balaban J connectivity index is 1.41. The van der Waals surface area contributed by atoms with Gasteiger partial charge in [0.1, 0.15) is 11.6 Å². The second-order valence-corrected chi connectivity index (χ2v) is 8.62. The van der Waals surface area contributed by atoms with Crippen molar-refractivity contribution < 1.29 is 26.7 Å². The lowest BCUT2D eigenvalue weighted by atomic mass is 9.78. The van der Waals surface area contributed by atoms with Crippen LogP contribution in [0, 0.1) is 23.5 Å². The Labute approximate surface area is 189 Å². The van der Waals surface area contributed by atoms with Crippen molar-refractivity contribution in [3.63, 3.8) is 0 Å². The number of imidazole rings is 1. The molecule has 1 saturated carbocycles. The molecule has 2 atom stereocenters. The largest absolute Gasteiger partial charge is 0.504 e. The summed E-state index contributed by atoms with van der Waals surface area (Å²) in [6.07, 6.45) is -0.0646. The van der Waals surface area contributed by atoms with E-state index in [1.54, 1.807) is 18.2 Å². The number of fused-ring (bicyclic) bond motifs is 1. The zero-order chi connectivity index (χ0) is 23.8. The van der Waals surface area contributed by atoms with Crippen LogP contribution in [0.15, 0.2) is 49.1 Å². The minimum atomic E-state index is -4.74. The van der Waals surface area contributed by atoms with Gasteiger partial charge < -0.3 is 9.88 Å². The van der Waals surface area contributed by atoms with Crippen molar-refractivity contribution in [3.05, 3.63) is 66.3 Å². The topological polar surface area (TPSA) is 66.8 Å². The van der Waals surface area contributed by atoms with E-state index in [1.807, 2.05) is 0 Å². The molecule has 2 aliphatic rings. The van der Waals surface area contributed by atoms with Crippen LogP contribution in [0.2, 0.25) is 0 Å². The molecule has 1 N–H and O–H groups in total. The van der Waals surface area contributed by atoms with Crippen LogP contribution < -0.4 is 4.90 Å². The maximum Gasteiger partial charge on any atom is 0.504 e. The summed E-state index contributed by atoms with van der Waals surface area (Å²) in [7, 11) is 0. The van der Waals surface area contributed by atoms with Crippen LogP contribution in [0.25, 0.3) is 22.2 Å². The Hall–Kier alpha value is -3.76. The Kier molecular flexibility index (Phi) is 4.36. The van der Waals surface area contributed by atoms with Gasteiger partial charge in [0.2, 0.25) is 5.91 Å². The zero-order valence-corrected chi connectivity index (χ0v) is 17.4. The predicted octanol–water partition coefficient (Wildman–Crippen LogP) is 5.30. The number of rotatable bonds is 4. The quantitative estimate of drug-likeness (QED) is 0.323. The highest BCUT2D eigenvalue weighted by molar-refractivity contribution is 6.04. The lowest BCUT2D eigenvalue weighted by Crippen LogP contribution is -2.56. The second-order valence-electron chi connectivity index (χ2n) is 8.62. The molecule has 2 aromatic heterocycles. The highest BCUT2D eigenvalue weighted by atomic mass is 19.4. The highest BCUT2D eigenvalue weighted by Gasteiger charge is 2.56. The molecule has 2 aromatic carbocycles. The van der Waals surface area contributed by atoms with Gasteiger partial charge in [-0.3, -0.25) is 4.79 Å². The second kappa shape index (κ2) is 7.12. The van der Waals surface area contributed by atoms with Crippen LogP contribution in [0.1, 0.15) is 24.4 Å². The van der Waals surface area contributed by atoms with Crippen LogP contribution >= 0.6 is 0 Å². The molecule has 11 heteroatoms. The Morgan fingerprint density at radius 2 is 1.76 bits per heavy atom. The number of β-lactam (4-membered cyclic amide) rings is 1. The van der Waals surface area contributed by atoms with Gasteiger partial charge in [0.05, 0.1) is 35.5 Å². The summed E-state index contributed by atoms with van der Waals surface area (Å²) in [4.78, 5) is 21.6. The third kappa shape index (κ3) is 3.17. The number of amides is 1. The minimum absolute atomic E-state index is 0.0476. The van der Waals surface area contributed by atoms with Gasteiger partial charge >= 0.3 is 6.30 Å². The zero-order valence-electron chi connectivity index (χ0n) is 17.4. The van der Waals surface area contributed by atoms with Gasteiger partial charge in [-0.15, -0.1) is 13.2 Å². The number of nitrogens with one attached hydrogen (secondary N) is 1. The molecule has 6 rings (SSSR count). The molecule has 6 nitrogen and oxygen atoms in total. The first-order valence-corrected chi connectivity index (χ1v) is 10.6. The molecule has 1 aliphatic carbocycles. The van der Waals surface area contributed by atoms with Gasteiger partial charge in [-0.25, -0.2) is 13.8 Å². The van der Waals surface area contributed by atoms with Crippen LogP contribution in [-0.4, -0.2) is 25.7 Å². The molecule has 2 fully saturated rings. The molecule has 3 heterocycles. The van der Waals surface area contributed by atoms with Gasteiger partial charge in [-0.1, -0.05) is 0 Å². The monoisotopic (exact) mass is 473 g/mol. The van der Waals surface area contributed by atoms with E-state index < -0.39 is 29.9 Å². The van der Waals surface area contributed by atoms with Gasteiger partial charge in [-0.05, 0) is 54.7 Å². The molecule has 1 amide bonds. The number of aromatic amines is 1. The molecule has 1 aliphatic heterocycles. The SMILES string of the molecule is O=C1[C@@H](C2CC2)[C@@H](c2c(F)cc(-c3cnn(C(F)(F)F)c3)cc2F)N1c1ccc2[nH]cnc2c1. The molecule has 1 saturated heterocycles. The fraction of sp³-hybridized carbons (Fsp3) is 0.261. The molecule has 0 bridgehead atoms. The first-order valence-electron chi connectivity index (χ1n) is 10.6. The summed E-state index contributed by atoms with van der Waals surface area (Å²) in [6, 6.07) is 6.21. The van der Waals surface area contributed by atoms with Gasteiger partial charge in [-0.2, -0.15) is 9.78 Å². The maximum absolute atomic E-state index is 15.3. The number of hydrogen-bond acceptors (Lipinski definition) is 3. The van der Waals surface area contributed by atoms with Crippen molar-refractivity contribution in [3.8, 4) is 11.1 Å². The summed E-state index contributed by atoms with van der Waals surface area (Å²) in [5, 5.41) is 3.22. The van der Waals surface area contributed by atoms with Crippen LogP contribution in [0.5, 0.6) is 0 Å². The average Bonchev–Trinajstić information content (AvgIpc) is 3.26. The summed E-state index contributed by atoms with van der Waals surface area (Å²) in [5.41, 5.74) is 1.41. The number of carbonyl (C=O) groups is 1. The Morgan fingerprint density at radius 3 is 2.41 bits per heavy atom. The first-order chi connectivity index (χ1) is 16.2. The molecule has 4 aromatic rings. The summed E-state index contributed by atoms with van der Waals surface area (Å²) in [5.74, 6) is -2.58. The number of halogens is 5. The van der Waals surface area contributed by atoms with E-state index in [1.165, 1.54) is 11.2 Å². The van der Waals surface area contributed by atoms with E-state index in [0.717, 1.165) is 36.7 Å². The van der Waals surface area contributed by atoms with Crippen LogP contribution in [0.4, 0.5) is 27.6 Å². The number of alkyl halides is 3. The van der Waals surface area contributed by atoms with E-state index in [2.05, 4.69) is 15.1 Å². The third-order valence-electron chi connectivity index (χ3n) is 6.50. The Bertz CT molecular complexity index is 1410. The van der Waals surface area contributed by atoms with Crippen molar-refractivity contribution in [1.29, 1.82) is 0 Å². The first kappa shape index (κ1) is 20.8. The summed E-state index contributed by atoms with van der Waals surface area (Å²) in [6.45, 7) is 0. The van der Waals surface area contributed by atoms with Crippen molar-refractivity contribution in [2.24, 2.45) is 11.8 Å². The van der Waals surface area contributed by atoms with E-state index in [-0.39, 0.29) is 33.2 Å². The molecule has 0 radical (unpaired) electrons. The fourth-order valence-electron chi connectivity index (χ4n) is 4.74. The van der Waals surface area contributed by atoms with E-state index in [0.29, 0.717) is 17.4 Å². The van der Waals surface area contributed by atoms with Crippen molar-refractivity contribution in [2.45, 2.75) is 25.2 Å². The number of H-pyrrole nitrogens is 1. The molecule has 0 spiro atoms. The number of anilines is 1. The van der Waals surface area contributed by atoms with Gasteiger partial charge in [0, 0.05) is 23.0 Å². The van der Waals surface area contributed by atoms with Crippen molar-refractivity contribution in [2.75, 3.05) is 4.90 Å². The lowest BCUT2D eigenvalue weighted by molar-refractivity contribution is -0.212. The molecule has 174 valence electrons. The van der Waals surface area contributed by atoms with E-state index in [9.17, 15) is 18.0 Å². The Morgan fingerprint density at radius 1 is 1.03 bits per heavy atom. The molecular formula is C23H16F5N5O. The number of nitrogens with zero attached hydrogens (tertiary/aromatic N) is 4. The van der Waals surface area contributed by atoms with Crippen LogP contribution in [0.3, 0.4) is 0 Å². The standard InChI is InChI=1S/C23H16F5N5O/c24-15-5-12(13-8-31-32(9-13)23(26,27)28)6-16(25)20(15)21-19(11-1-2-11)22(34)33(21)14-3-4-17-18(7-14)30-10-29-17/h3-11,19,21H,1-2H2,(H,29,30)/t19-,21-/m0/s1. The van der Waals surface area contributed by atoms with Gasteiger partial charge in [0.15, 0.2) is 0 Å². The average molecular weight is 473 g/mol. The van der Waals surface area contributed by atoms with Crippen molar-refractivity contribution in [1.82, 2.24) is 19.7 Å². The highest BCUT2D eigenvalue weighted by Crippen LogP contribution is 2.55. The number of aromatic nitrogens is 4. The lowest BCUT2D eigenvalue weighted by Gasteiger charge is -2.48. The number of benzene rings is 2. The fourth-order valence-corrected chi connectivity index (χ4v) is 4.74. The number of carbonyl (C=O) groups excluding carboxylic acids is 1. The normalized spacial score (nSPS) is 20.7. The third-order valence-corrected chi connectivity index (χ3v) is 6.50. The van der Waals surface area contributed by atoms with Gasteiger partial charge in [0.25, 0.3) is 0 Å². The van der Waals surface area contributed by atoms with Crippen molar-refractivity contribution >= 4 is 22.6 Å². The summed E-state index contributed by atoms with van der Waals surface area (Å²) >= 11 is 0. The summed E-state index contributed by atoms with van der Waals surface area (Å²) < 4.78 is 69.0. The molecule has 0 unspecified atom stereocenters. The maximum atomic E-state index is 15.3. The smallest absolute Gasteiger partial charge is 0.345 e. The van der Waals surface area contributed by atoms with E-state index >= 15 is 8.78 Å². The molecular weight excluding hydrogens is 457 g/mol. The van der Waals surface area contributed by atoms with E-state index in [4.69, 9.17) is 0 Å². The predicted molar refractivity (Wildman–Crippen MR) is 111 cm³/mol. The molecule has 34 heavy (non-hydrogen) atoms.